The van der Waals surface area contributed by atoms with Gasteiger partial charge in [0.15, 0.2) is 5.96 Å². The van der Waals surface area contributed by atoms with Gasteiger partial charge in [-0.05, 0) is 33.3 Å². The number of halogens is 1. The Hall–Kier alpha value is -1.09. The minimum absolute atomic E-state index is 0. The summed E-state index contributed by atoms with van der Waals surface area (Å²) in [6.45, 7) is 10.1. The zero-order chi connectivity index (χ0) is 16.4. The lowest BCUT2D eigenvalue weighted by Gasteiger charge is -2.17. The molecule has 23 heavy (non-hydrogen) atoms. The molecule has 1 aromatic rings. The Morgan fingerprint density at radius 2 is 2.04 bits per heavy atom. The van der Waals surface area contributed by atoms with Gasteiger partial charge >= 0.3 is 0 Å². The predicted molar refractivity (Wildman–Crippen MR) is 105 cm³/mol. The fourth-order valence-electron chi connectivity index (χ4n) is 1.83. The molecule has 0 bridgehead atoms. The van der Waals surface area contributed by atoms with E-state index < -0.39 is 0 Å². The van der Waals surface area contributed by atoms with Gasteiger partial charge < -0.3 is 20.1 Å². The van der Waals surface area contributed by atoms with Gasteiger partial charge in [-0.2, -0.15) is 0 Å². The van der Waals surface area contributed by atoms with Gasteiger partial charge in [0.1, 0.15) is 0 Å². The highest BCUT2D eigenvalue weighted by Gasteiger charge is 2.04. The molecule has 0 aliphatic rings. The summed E-state index contributed by atoms with van der Waals surface area (Å²) in [6, 6.07) is 4.05. The molecule has 2 N–H and O–H groups in total. The topological polar surface area (TPSA) is 67.8 Å². The summed E-state index contributed by atoms with van der Waals surface area (Å²) in [4.78, 5) is 8.84. The van der Waals surface area contributed by atoms with Crippen molar-refractivity contribution in [2.45, 2.75) is 46.4 Å². The van der Waals surface area contributed by atoms with Crippen LogP contribution in [0.15, 0.2) is 23.3 Å². The molecule has 0 amide bonds. The van der Waals surface area contributed by atoms with Crippen molar-refractivity contribution < 1.29 is 9.47 Å². The predicted octanol–water partition coefficient (Wildman–Crippen LogP) is 2.58. The molecule has 0 radical (unpaired) electrons. The highest BCUT2D eigenvalue weighted by Crippen LogP contribution is 2.10. The number of pyridine rings is 1. The molecule has 0 saturated carbocycles. The highest BCUT2D eigenvalue weighted by molar-refractivity contribution is 14.0. The van der Waals surface area contributed by atoms with E-state index in [0.29, 0.717) is 19.0 Å². The number of aromatic nitrogens is 1. The molecule has 0 fully saturated rings. The van der Waals surface area contributed by atoms with Crippen LogP contribution >= 0.6 is 24.0 Å². The lowest BCUT2D eigenvalue weighted by atomic mass is 10.3. The normalized spacial score (nSPS) is 12.5. The number of rotatable bonds is 8. The third-order valence-corrected chi connectivity index (χ3v) is 2.72. The molecule has 0 saturated heterocycles. The van der Waals surface area contributed by atoms with Crippen molar-refractivity contribution in [2.75, 3.05) is 20.3 Å². The third kappa shape index (κ3) is 9.60. The molecule has 0 spiro atoms. The van der Waals surface area contributed by atoms with Gasteiger partial charge in [-0.15, -0.1) is 24.0 Å². The molecular formula is C16H29IN4O2. The number of nitrogens with zero attached hydrogens (tertiary/aromatic N) is 2. The first-order valence-corrected chi connectivity index (χ1v) is 7.70. The third-order valence-electron chi connectivity index (χ3n) is 2.72. The number of hydrogen-bond donors (Lipinski definition) is 2. The minimum Gasteiger partial charge on any atom is -0.475 e. The summed E-state index contributed by atoms with van der Waals surface area (Å²) in [5.74, 6) is 1.41. The van der Waals surface area contributed by atoms with Gasteiger partial charge in [-0.1, -0.05) is 6.07 Å². The summed E-state index contributed by atoms with van der Waals surface area (Å²) in [7, 11) is 1.69. The van der Waals surface area contributed by atoms with Gasteiger partial charge in [-0.25, -0.2) is 9.98 Å². The molecule has 1 aromatic heterocycles. The van der Waals surface area contributed by atoms with Crippen LogP contribution in [0.3, 0.4) is 0 Å². The van der Waals surface area contributed by atoms with Crippen LogP contribution in [-0.2, 0) is 11.3 Å². The largest absolute Gasteiger partial charge is 0.475 e. The SMILES string of the molecule is CCNC(=NCc1ccc(OC(C)C)nc1)NC(C)COC.I. The van der Waals surface area contributed by atoms with Crippen molar-refractivity contribution in [3.8, 4) is 5.88 Å². The zero-order valence-electron chi connectivity index (χ0n) is 14.6. The van der Waals surface area contributed by atoms with Gasteiger partial charge in [0.2, 0.25) is 5.88 Å². The van der Waals surface area contributed by atoms with Crippen LogP contribution in [-0.4, -0.2) is 43.4 Å². The van der Waals surface area contributed by atoms with Crippen LogP contribution in [0.1, 0.15) is 33.3 Å². The number of ether oxygens (including phenoxy) is 2. The fraction of sp³-hybridized carbons (Fsp3) is 0.625. The van der Waals surface area contributed by atoms with E-state index in [1.165, 1.54) is 0 Å². The molecule has 0 aromatic carbocycles. The van der Waals surface area contributed by atoms with Crippen molar-refractivity contribution in [1.29, 1.82) is 0 Å². The van der Waals surface area contributed by atoms with Gasteiger partial charge in [-0.3, -0.25) is 0 Å². The summed E-state index contributed by atoms with van der Waals surface area (Å²) < 4.78 is 10.6. The van der Waals surface area contributed by atoms with Crippen LogP contribution in [0.5, 0.6) is 5.88 Å². The molecule has 132 valence electrons. The molecule has 1 unspecified atom stereocenters. The van der Waals surface area contributed by atoms with Crippen molar-refractivity contribution in [3.63, 3.8) is 0 Å². The summed E-state index contributed by atoms with van der Waals surface area (Å²) >= 11 is 0. The van der Waals surface area contributed by atoms with Crippen molar-refractivity contribution >= 4 is 29.9 Å². The number of guanidine groups is 1. The molecule has 1 atom stereocenters. The van der Waals surface area contributed by atoms with Crippen molar-refractivity contribution in [3.05, 3.63) is 23.9 Å². The second-order valence-corrected chi connectivity index (χ2v) is 5.37. The number of aliphatic imine (C=N–C) groups is 1. The average Bonchev–Trinajstić information content (AvgIpc) is 2.46. The molecule has 7 heteroatoms. The smallest absolute Gasteiger partial charge is 0.213 e. The van der Waals surface area contributed by atoms with Crippen molar-refractivity contribution in [2.24, 2.45) is 4.99 Å². The van der Waals surface area contributed by atoms with Crippen LogP contribution in [0.2, 0.25) is 0 Å². The second-order valence-electron chi connectivity index (χ2n) is 5.37. The molecule has 6 nitrogen and oxygen atoms in total. The average molecular weight is 436 g/mol. The first-order chi connectivity index (χ1) is 10.5. The van der Waals surface area contributed by atoms with E-state index in [0.717, 1.165) is 18.1 Å². The summed E-state index contributed by atoms with van der Waals surface area (Å²) in [5.41, 5.74) is 1.03. The quantitative estimate of drug-likeness (QED) is 0.373. The number of methoxy groups -OCH3 is 1. The Labute approximate surface area is 156 Å². The monoisotopic (exact) mass is 436 g/mol. The number of nitrogens with one attached hydrogen (secondary N) is 2. The van der Waals surface area contributed by atoms with Gasteiger partial charge in [0.25, 0.3) is 0 Å². The maximum absolute atomic E-state index is 5.53. The Morgan fingerprint density at radius 3 is 2.57 bits per heavy atom. The van der Waals surface area contributed by atoms with E-state index in [1.54, 1.807) is 13.3 Å². The first kappa shape index (κ1) is 21.9. The zero-order valence-corrected chi connectivity index (χ0v) is 17.0. The Morgan fingerprint density at radius 1 is 1.30 bits per heavy atom. The lowest BCUT2D eigenvalue weighted by molar-refractivity contribution is 0.179. The van der Waals surface area contributed by atoms with Gasteiger partial charge in [0.05, 0.1) is 19.3 Å². The van der Waals surface area contributed by atoms with E-state index >= 15 is 0 Å². The van der Waals surface area contributed by atoms with Crippen LogP contribution in [0.25, 0.3) is 0 Å². The maximum Gasteiger partial charge on any atom is 0.213 e. The molecule has 0 aliphatic carbocycles. The summed E-state index contributed by atoms with van der Waals surface area (Å²) in [6.07, 6.45) is 1.92. The Kier molecular flexibility index (Phi) is 11.8. The standard InChI is InChI=1S/C16H28N4O2.HI/c1-6-17-16(20-13(4)11-21-5)19-10-14-7-8-15(18-9-14)22-12(2)3;/h7-9,12-13H,6,10-11H2,1-5H3,(H2,17,19,20);1H. The molecule has 1 rings (SSSR count). The fourth-order valence-corrected chi connectivity index (χ4v) is 1.83. The van der Waals surface area contributed by atoms with Crippen LogP contribution < -0.4 is 15.4 Å². The Balaban J connectivity index is 0.00000484. The summed E-state index contributed by atoms with van der Waals surface area (Å²) in [5, 5.41) is 6.51. The first-order valence-electron chi connectivity index (χ1n) is 7.70. The lowest BCUT2D eigenvalue weighted by Crippen LogP contribution is -2.43. The van der Waals surface area contributed by atoms with Crippen LogP contribution in [0, 0.1) is 0 Å². The van der Waals surface area contributed by atoms with Crippen LogP contribution in [0.4, 0.5) is 0 Å². The second kappa shape index (κ2) is 12.3. The molecule has 1 heterocycles. The number of hydrogen-bond acceptors (Lipinski definition) is 4. The van der Waals surface area contributed by atoms with Gasteiger partial charge in [0, 0.05) is 32.0 Å². The molecular weight excluding hydrogens is 407 g/mol. The van der Waals surface area contributed by atoms with Crippen molar-refractivity contribution in [1.82, 2.24) is 15.6 Å². The van der Waals surface area contributed by atoms with E-state index in [2.05, 4.69) is 27.5 Å². The maximum atomic E-state index is 5.53. The van der Waals surface area contributed by atoms with E-state index in [1.807, 2.05) is 32.9 Å². The van der Waals surface area contributed by atoms with E-state index in [-0.39, 0.29) is 36.1 Å². The van der Waals surface area contributed by atoms with E-state index in [9.17, 15) is 0 Å². The molecule has 0 aliphatic heterocycles. The minimum atomic E-state index is 0. The highest BCUT2D eigenvalue weighted by atomic mass is 127. The Bertz CT molecular complexity index is 452. The van der Waals surface area contributed by atoms with E-state index in [4.69, 9.17) is 9.47 Å².